The molecule has 1 fully saturated rings. The summed E-state index contributed by atoms with van der Waals surface area (Å²) in [5, 5.41) is 21.0. The van der Waals surface area contributed by atoms with Gasteiger partial charge in [0, 0.05) is 61.1 Å². The van der Waals surface area contributed by atoms with E-state index in [1.54, 1.807) is 0 Å². The molecule has 274 valence electrons. The fourth-order valence-electron chi connectivity index (χ4n) is 5.71. The number of halogens is 1. The molecule has 1 aromatic heterocycles. The maximum atomic E-state index is 12.5. The van der Waals surface area contributed by atoms with Gasteiger partial charge in [-0.3, -0.25) is 18.6 Å². The molecule has 2 heterocycles. The average Bonchev–Trinajstić information content (AvgIpc) is 3.06. The lowest BCUT2D eigenvalue weighted by Gasteiger charge is -2.34. The Hall–Kier alpha value is -4.65. The van der Waals surface area contributed by atoms with Crippen LogP contribution in [0.1, 0.15) is 0 Å². The number of aromatic nitrogens is 3. The van der Waals surface area contributed by atoms with Gasteiger partial charge in [0.05, 0.1) is 0 Å². The molecule has 4 aromatic carbocycles. The Morgan fingerprint density at radius 3 is 2.13 bits per heavy atom. The molecule has 5 aromatic rings. The molecule has 7 N–H and O–H groups in total. The number of phenols is 1. The number of nitrogens with one attached hydrogen (secondary N) is 1. The highest BCUT2D eigenvalue weighted by Gasteiger charge is 2.26. The van der Waals surface area contributed by atoms with Crippen molar-refractivity contribution in [3.05, 3.63) is 59.9 Å². The molecule has 0 unspecified atom stereocenters. The van der Waals surface area contributed by atoms with E-state index in [0.717, 1.165) is 56.0 Å². The van der Waals surface area contributed by atoms with Crippen molar-refractivity contribution in [3.8, 4) is 5.75 Å². The van der Waals surface area contributed by atoms with Gasteiger partial charge in [0.15, 0.2) is 5.75 Å². The summed E-state index contributed by atoms with van der Waals surface area (Å²) in [6, 6.07) is 10.5. The van der Waals surface area contributed by atoms with Crippen molar-refractivity contribution >= 4 is 92.5 Å². The Morgan fingerprint density at radius 1 is 0.788 bits per heavy atom. The summed E-state index contributed by atoms with van der Waals surface area (Å²) < 4.78 is 103. The Morgan fingerprint density at radius 2 is 1.48 bits per heavy atom. The first-order chi connectivity index (χ1) is 24.4. The summed E-state index contributed by atoms with van der Waals surface area (Å²) in [5.41, 5.74) is 4.59. The number of anilines is 3. The van der Waals surface area contributed by atoms with Gasteiger partial charge in [0.2, 0.25) is 17.2 Å². The smallest absolute Gasteiger partial charge is 0.297 e. The van der Waals surface area contributed by atoms with Gasteiger partial charge in [-0.25, -0.2) is 0 Å². The van der Waals surface area contributed by atoms with E-state index in [1.807, 2.05) is 4.90 Å². The number of fused-ring (bicyclic) bond motifs is 2. The van der Waals surface area contributed by atoms with Crippen LogP contribution < -0.4 is 16.0 Å². The number of aromatic hydroxyl groups is 1. The molecule has 0 radical (unpaired) electrons. The minimum Gasteiger partial charge on any atom is -0.505 e. The number of hydrogen-bond donors (Lipinski definition) is 6. The molecule has 1 saturated heterocycles. The zero-order valence-corrected chi connectivity index (χ0v) is 29.7. The Bertz CT molecular complexity index is 2600. The van der Waals surface area contributed by atoms with E-state index in [4.69, 9.17) is 17.3 Å². The lowest BCUT2D eigenvalue weighted by molar-refractivity contribution is 0.263. The van der Waals surface area contributed by atoms with E-state index in [-0.39, 0.29) is 32.8 Å². The molecule has 0 atom stereocenters. The van der Waals surface area contributed by atoms with Gasteiger partial charge in [-0.1, -0.05) is 18.2 Å². The summed E-state index contributed by atoms with van der Waals surface area (Å²) in [4.78, 5) is 14.4. The van der Waals surface area contributed by atoms with Crippen molar-refractivity contribution in [1.29, 1.82) is 0 Å². The van der Waals surface area contributed by atoms with Gasteiger partial charge in [-0.2, -0.15) is 40.2 Å². The van der Waals surface area contributed by atoms with Crippen molar-refractivity contribution in [1.82, 2.24) is 19.9 Å². The Balaban J connectivity index is 1.38. The number of piperazine rings is 1. The topological polar surface area (TPSA) is 291 Å². The first kappa shape index (κ1) is 37.1. The lowest BCUT2D eigenvalue weighted by Crippen LogP contribution is -2.48. The van der Waals surface area contributed by atoms with Gasteiger partial charge >= 0.3 is 0 Å². The van der Waals surface area contributed by atoms with Crippen molar-refractivity contribution in [3.63, 3.8) is 0 Å². The standard InChI is InChI=1S/C29H28ClN9O10S3/c30-27-33-28(35-29(34-27)39-12-10-38(9-8-31)11-13-39)32-17-4-5-18-16(14-17)15-23(51(44,45)46)24(25(18)40)37-36-21-7-6-19-20(26(21)52(47,48)49)2-1-3-22(19)50(41,42)43/h1-7,14-15,40H,8-13,31H2,(H,41,42,43)(H,44,45,46)(H,47,48,49)(H,32,33,34,35). The summed E-state index contributed by atoms with van der Waals surface area (Å²) in [6.45, 7) is 4.05. The maximum Gasteiger partial charge on any atom is 0.297 e. The number of phenolic OH excluding ortho intramolecular Hbond substituents is 1. The van der Waals surface area contributed by atoms with Gasteiger partial charge in [0.25, 0.3) is 30.4 Å². The molecule has 0 saturated carbocycles. The SMILES string of the molecule is NCCN1CCN(c2nc(Cl)nc(Nc3ccc4c(O)c(N=Nc5ccc6c(S(=O)(=O)O)cccc6c5S(=O)(=O)O)c(S(=O)(=O)O)cc4c3)n2)CC1. The van der Waals surface area contributed by atoms with Crippen LogP contribution in [0.4, 0.5) is 29.0 Å². The normalized spacial score (nSPS) is 14.8. The van der Waals surface area contributed by atoms with E-state index >= 15 is 0 Å². The number of hydrogen-bond acceptors (Lipinski definition) is 16. The molecular weight excluding hydrogens is 766 g/mol. The predicted octanol–water partition coefficient (Wildman–Crippen LogP) is 3.52. The number of nitrogens with zero attached hydrogens (tertiary/aromatic N) is 7. The quantitative estimate of drug-likeness (QED) is 0.0871. The van der Waals surface area contributed by atoms with Crippen LogP contribution in [0.15, 0.2) is 79.5 Å². The minimum atomic E-state index is -5.16. The second kappa shape index (κ2) is 14.1. The fraction of sp³-hybridized carbons (Fsp3) is 0.207. The largest absolute Gasteiger partial charge is 0.505 e. The second-order valence-corrected chi connectivity index (χ2v) is 15.8. The van der Waals surface area contributed by atoms with Gasteiger partial charge in [0.1, 0.15) is 26.1 Å². The van der Waals surface area contributed by atoms with Gasteiger partial charge in [-0.15, -0.1) is 10.2 Å². The summed E-state index contributed by atoms with van der Waals surface area (Å²) in [7, 11) is -15.1. The predicted molar refractivity (Wildman–Crippen MR) is 189 cm³/mol. The number of rotatable bonds is 10. The summed E-state index contributed by atoms with van der Waals surface area (Å²) >= 11 is 6.20. The molecule has 1 aliphatic rings. The molecule has 0 aliphatic carbocycles. The second-order valence-electron chi connectivity index (χ2n) is 11.4. The Labute approximate surface area is 301 Å². The highest BCUT2D eigenvalue weighted by Crippen LogP contribution is 2.43. The van der Waals surface area contributed by atoms with E-state index in [1.165, 1.54) is 18.2 Å². The maximum absolute atomic E-state index is 12.5. The molecule has 0 amide bonds. The molecule has 0 bridgehead atoms. The highest BCUT2D eigenvalue weighted by molar-refractivity contribution is 7.86. The third-order valence-electron chi connectivity index (χ3n) is 8.03. The fourth-order valence-corrected chi connectivity index (χ4v) is 8.06. The zero-order valence-electron chi connectivity index (χ0n) is 26.5. The number of azo groups is 1. The monoisotopic (exact) mass is 793 g/mol. The van der Waals surface area contributed by atoms with Crippen LogP contribution in [0.25, 0.3) is 21.5 Å². The van der Waals surface area contributed by atoms with Crippen LogP contribution in [-0.2, 0) is 30.4 Å². The molecule has 19 nitrogen and oxygen atoms in total. The minimum absolute atomic E-state index is 0.0305. The molecule has 6 rings (SSSR count). The van der Waals surface area contributed by atoms with Gasteiger partial charge in [-0.05, 0) is 53.4 Å². The third-order valence-corrected chi connectivity index (χ3v) is 10.9. The van der Waals surface area contributed by atoms with Crippen LogP contribution in [0.5, 0.6) is 5.75 Å². The summed E-state index contributed by atoms with van der Waals surface area (Å²) in [5.74, 6) is -0.376. The number of nitrogens with two attached hydrogens (primary N) is 1. The van der Waals surface area contributed by atoms with Crippen LogP contribution in [0.3, 0.4) is 0 Å². The average molecular weight is 794 g/mol. The van der Waals surface area contributed by atoms with Crippen molar-refractivity contribution in [2.45, 2.75) is 14.7 Å². The molecule has 52 heavy (non-hydrogen) atoms. The molecule has 23 heteroatoms. The van der Waals surface area contributed by atoms with E-state index < -0.39 is 62.2 Å². The van der Waals surface area contributed by atoms with Crippen LogP contribution in [0, 0.1) is 0 Å². The van der Waals surface area contributed by atoms with E-state index in [2.05, 4.69) is 35.4 Å². The summed E-state index contributed by atoms with van der Waals surface area (Å²) in [6.07, 6.45) is 0. The highest BCUT2D eigenvalue weighted by atomic mass is 35.5. The number of benzene rings is 4. The molecule has 1 aliphatic heterocycles. The first-order valence-electron chi connectivity index (χ1n) is 15.0. The van der Waals surface area contributed by atoms with Crippen molar-refractivity contribution in [2.75, 3.05) is 49.5 Å². The van der Waals surface area contributed by atoms with E-state index in [9.17, 15) is 44.0 Å². The lowest BCUT2D eigenvalue weighted by atomic mass is 10.1. The molecule has 0 spiro atoms. The van der Waals surface area contributed by atoms with Crippen LogP contribution >= 0.6 is 11.6 Å². The van der Waals surface area contributed by atoms with Crippen LogP contribution in [0.2, 0.25) is 5.28 Å². The first-order valence-corrected chi connectivity index (χ1v) is 19.7. The van der Waals surface area contributed by atoms with Crippen molar-refractivity contribution < 1.29 is 44.0 Å². The molecular formula is C29H28ClN9O10S3. The van der Waals surface area contributed by atoms with E-state index in [0.29, 0.717) is 31.3 Å². The van der Waals surface area contributed by atoms with Gasteiger partial charge < -0.3 is 21.1 Å². The van der Waals surface area contributed by atoms with Crippen molar-refractivity contribution in [2.24, 2.45) is 16.0 Å². The van der Waals surface area contributed by atoms with Crippen LogP contribution in [-0.4, -0.2) is 103 Å². The zero-order chi connectivity index (χ0) is 37.6. The third kappa shape index (κ3) is 7.74. The Kier molecular flexibility index (Phi) is 10.0.